The van der Waals surface area contributed by atoms with Gasteiger partial charge in [-0.25, -0.2) is 9.98 Å². The number of aliphatic imine (C=N–C) groups is 1. The summed E-state index contributed by atoms with van der Waals surface area (Å²) in [5.41, 5.74) is 0. The lowest BCUT2D eigenvalue weighted by atomic mass is 10.4. The molecule has 80 valence electrons. The Morgan fingerprint density at radius 1 is 1.73 bits per heavy atom. The van der Waals surface area contributed by atoms with Crippen molar-refractivity contribution >= 4 is 24.3 Å². The molecule has 6 nitrogen and oxygen atoms in total. The van der Waals surface area contributed by atoms with Gasteiger partial charge in [0.15, 0.2) is 17.4 Å². The van der Waals surface area contributed by atoms with Crippen LogP contribution in [0.1, 0.15) is 0 Å². The molecule has 0 radical (unpaired) electrons. The number of aromatic hydroxyl groups is 1. The van der Waals surface area contributed by atoms with Crippen molar-refractivity contribution in [2.45, 2.75) is 0 Å². The normalized spacial score (nSPS) is 9.40. The summed E-state index contributed by atoms with van der Waals surface area (Å²) < 4.78 is 4.42. The summed E-state index contributed by atoms with van der Waals surface area (Å²) in [7, 11) is 1.28. The highest BCUT2D eigenvalue weighted by Gasteiger charge is 2.06. The van der Waals surface area contributed by atoms with Crippen LogP contribution in [0.25, 0.3) is 0 Å². The molecular weight excluding hydrogens is 198 g/mol. The predicted octanol–water partition coefficient (Wildman–Crippen LogP) is 0.704. The summed E-state index contributed by atoms with van der Waals surface area (Å²) in [5.74, 6) is 0.0185. The van der Waals surface area contributed by atoms with Crippen molar-refractivity contribution in [2.75, 3.05) is 19.0 Å². The van der Waals surface area contributed by atoms with Crippen molar-refractivity contribution in [3.63, 3.8) is 0 Å². The first-order valence-electron chi connectivity index (χ1n) is 4.14. The fraction of sp³-hybridized carbons (Fsp3) is 0.222. The molecule has 0 saturated carbocycles. The van der Waals surface area contributed by atoms with E-state index < -0.39 is 5.97 Å². The molecule has 0 unspecified atom stereocenters. The topological polar surface area (TPSA) is 83.8 Å². The molecule has 1 aromatic rings. The van der Waals surface area contributed by atoms with Gasteiger partial charge in [0, 0.05) is 0 Å². The lowest BCUT2D eigenvalue weighted by Crippen LogP contribution is -2.15. The minimum absolute atomic E-state index is 0.0636. The standard InChI is InChI=1S/C9H11N3O3/c1-10-7-4-3-6(13)9(12-7)11-5-8(14)15-2/h3-4,13H,1,5H2,2H3,(H,11,12). The van der Waals surface area contributed by atoms with Crippen molar-refractivity contribution in [2.24, 2.45) is 4.99 Å². The maximum Gasteiger partial charge on any atom is 0.325 e. The Labute approximate surface area is 86.6 Å². The summed E-state index contributed by atoms with van der Waals surface area (Å²) in [6, 6.07) is 2.92. The number of hydrogen-bond acceptors (Lipinski definition) is 6. The molecule has 0 aromatic carbocycles. The van der Waals surface area contributed by atoms with Gasteiger partial charge in [0.25, 0.3) is 0 Å². The van der Waals surface area contributed by atoms with Gasteiger partial charge in [0.05, 0.1) is 7.11 Å². The molecule has 0 aliphatic heterocycles. The van der Waals surface area contributed by atoms with E-state index >= 15 is 0 Å². The second-order valence-corrected chi connectivity index (χ2v) is 2.62. The Hall–Kier alpha value is -2.11. The molecule has 1 heterocycles. The number of nitrogens with zero attached hydrogens (tertiary/aromatic N) is 2. The molecule has 0 saturated heterocycles. The van der Waals surface area contributed by atoms with E-state index in [-0.39, 0.29) is 18.1 Å². The summed E-state index contributed by atoms with van der Waals surface area (Å²) in [5, 5.41) is 12.0. The molecular formula is C9H11N3O3. The first-order valence-corrected chi connectivity index (χ1v) is 4.14. The largest absolute Gasteiger partial charge is 0.504 e. The molecule has 0 atom stereocenters. The number of carbonyl (C=O) groups is 1. The number of carbonyl (C=O) groups excluding carboxylic acids is 1. The Balaban J connectivity index is 2.75. The van der Waals surface area contributed by atoms with E-state index in [0.717, 1.165) is 0 Å². The van der Waals surface area contributed by atoms with Gasteiger partial charge in [0.1, 0.15) is 6.54 Å². The van der Waals surface area contributed by atoms with Crippen molar-refractivity contribution in [1.29, 1.82) is 0 Å². The fourth-order valence-electron chi connectivity index (χ4n) is 0.888. The number of methoxy groups -OCH3 is 1. The van der Waals surface area contributed by atoms with Crippen LogP contribution in [0, 0.1) is 0 Å². The second kappa shape index (κ2) is 4.94. The van der Waals surface area contributed by atoms with E-state index in [1.54, 1.807) is 0 Å². The van der Waals surface area contributed by atoms with Crippen LogP contribution in [0.15, 0.2) is 17.1 Å². The summed E-state index contributed by atoms with van der Waals surface area (Å²) in [6.45, 7) is 3.23. The first kappa shape index (κ1) is 11.0. The van der Waals surface area contributed by atoms with Gasteiger partial charge in [-0.3, -0.25) is 4.79 Å². The molecule has 15 heavy (non-hydrogen) atoms. The third-order valence-corrected chi connectivity index (χ3v) is 1.65. The van der Waals surface area contributed by atoms with Crippen LogP contribution >= 0.6 is 0 Å². The molecule has 0 fully saturated rings. The maximum atomic E-state index is 10.8. The van der Waals surface area contributed by atoms with E-state index in [1.165, 1.54) is 19.2 Å². The van der Waals surface area contributed by atoms with Crippen molar-refractivity contribution < 1.29 is 14.6 Å². The van der Waals surface area contributed by atoms with Gasteiger partial charge >= 0.3 is 5.97 Å². The lowest BCUT2D eigenvalue weighted by molar-refractivity contribution is -0.138. The Bertz CT molecular complexity index is 379. The maximum absolute atomic E-state index is 10.8. The smallest absolute Gasteiger partial charge is 0.325 e. The number of hydrogen-bond donors (Lipinski definition) is 2. The highest BCUT2D eigenvalue weighted by atomic mass is 16.5. The lowest BCUT2D eigenvalue weighted by Gasteiger charge is -2.06. The van der Waals surface area contributed by atoms with Gasteiger partial charge in [0.2, 0.25) is 0 Å². The van der Waals surface area contributed by atoms with Crippen LogP contribution in [-0.4, -0.2) is 36.4 Å². The fourth-order valence-corrected chi connectivity index (χ4v) is 0.888. The van der Waals surface area contributed by atoms with Crippen LogP contribution in [0.3, 0.4) is 0 Å². The number of aromatic nitrogens is 1. The zero-order valence-electron chi connectivity index (χ0n) is 8.23. The molecule has 0 bridgehead atoms. The van der Waals surface area contributed by atoms with Crippen LogP contribution in [0.5, 0.6) is 5.75 Å². The predicted molar refractivity (Wildman–Crippen MR) is 55.6 cm³/mol. The van der Waals surface area contributed by atoms with Crippen molar-refractivity contribution in [3.8, 4) is 5.75 Å². The Kier molecular flexibility index (Phi) is 3.61. The van der Waals surface area contributed by atoms with E-state index in [2.05, 4.69) is 26.7 Å². The molecule has 6 heteroatoms. The first-order chi connectivity index (χ1) is 7.17. The zero-order valence-corrected chi connectivity index (χ0v) is 8.23. The van der Waals surface area contributed by atoms with E-state index in [0.29, 0.717) is 5.82 Å². The molecule has 0 aliphatic carbocycles. The Morgan fingerprint density at radius 2 is 2.47 bits per heavy atom. The van der Waals surface area contributed by atoms with Crippen LogP contribution in [-0.2, 0) is 9.53 Å². The number of pyridine rings is 1. The van der Waals surface area contributed by atoms with Crippen molar-refractivity contribution in [1.82, 2.24) is 4.98 Å². The number of esters is 1. The van der Waals surface area contributed by atoms with Crippen LogP contribution in [0.4, 0.5) is 11.6 Å². The van der Waals surface area contributed by atoms with E-state index in [1.807, 2.05) is 0 Å². The van der Waals surface area contributed by atoms with E-state index in [9.17, 15) is 9.90 Å². The highest BCUT2D eigenvalue weighted by molar-refractivity contribution is 5.75. The quantitative estimate of drug-likeness (QED) is 0.563. The molecule has 0 amide bonds. The van der Waals surface area contributed by atoms with Crippen molar-refractivity contribution in [3.05, 3.63) is 12.1 Å². The monoisotopic (exact) mass is 209 g/mol. The summed E-state index contributed by atoms with van der Waals surface area (Å²) in [6.07, 6.45) is 0. The third kappa shape index (κ3) is 2.94. The number of anilines is 1. The SMILES string of the molecule is C=Nc1ccc(O)c(NCC(=O)OC)n1. The van der Waals surface area contributed by atoms with Gasteiger partial charge in [-0.15, -0.1) is 0 Å². The third-order valence-electron chi connectivity index (χ3n) is 1.65. The Morgan fingerprint density at radius 3 is 3.07 bits per heavy atom. The van der Waals surface area contributed by atoms with E-state index in [4.69, 9.17) is 0 Å². The van der Waals surface area contributed by atoms with Gasteiger partial charge in [-0.1, -0.05) is 0 Å². The van der Waals surface area contributed by atoms with Gasteiger partial charge in [-0.2, -0.15) is 0 Å². The number of rotatable bonds is 4. The zero-order chi connectivity index (χ0) is 11.3. The van der Waals surface area contributed by atoms with Gasteiger partial charge in [-0.05, 0) is 18.9 Å². The minimum Gasteiger partial charge on any atom is -0.504 e. The number of nitrogens with one attached hydrogen (secondary N) is 1. The molecule has 0 spiro atoms. The molecule has 0 aliphatic rings. The molecule has 2 N–H and O–H groups in total. The van der Waals surface area contributed by atoms with Crippen LogP contribution in [0.2, 0.25) is 0 Å². The molecule has 1 aromatic heterocycles. The molecule has 1 rings (SSSR count). The summed E-state index contributed by atoms with van der Waals surface area (Å²) >= 11 is 0. The van der Waals surface area contributed by atoms with Crippen LogP contribution < -0.4 is 5.32 Å². The minimum atomic E-state index is -0.451. The second-order valence-electron chi connectivity index (χ2n) is 2.62. The average molecular weight is 209 g/mol. The summed E-state index contributed by atoms with van der Waals surface area (Å²) in [4.78, 5) is 18.3. The average Bonchev–Trinajstić information content (AvgIpc) is 2.27. The highest BCUT2D eigenvalue weighted by Crippen LogP contribution is 2.23. The number of ether oxygens (including phenoxy) is 1. The van der Waals surface area contributed by atoms with Gasteiger partial charge < -0.3 is 15.2 Å².